The van der Waals surface area contributed by atoms with Gasteiger partial charge in [-0.25, -0.2) is 0 Å². The zero-order chi connectivity index (χ0) is 14.1. The zero-order valence-corrected chi connectivity index (χ0v) is 12.6. The van der Waals surface area contributed by atoms with Crippen molar-refractivity contribution in [2.75, 3.05) is 46.4 Å². The second kappa shape index (κ2) is 9.28. The Kier molecular flexibility index (Phi) is 8.02. The quantitative estimate of drug-likeness (QED) is 0.630. The summed E-state index contributed by atoms with van der Waals surface area (Å²) in [6.07, 6.45) is 2.43. The van der Waals surface area contributed by atoms with Gasteiger partial charge >= 0.3 is 0 Å². The van der Waals surface area contributed by atoms with E-state index in [1.165, 1.54) is 12.8 Å². The van der Waals surface area contributed by atoms with Crippen LogP contribution in [-0.2, 0) is 9.53 Å². The highest BCUT2D eigenvalue weighted by Gasteiger charge is 2.20. The predicted octanol–water partition coefficient (Wildman–Crippen LogP) is 0.459. The molecule has 0 aromatic heterocycles. The second-order valence-electron chi connectivity index (χ2n) is 5.56. The van der Waals surface area contributed by atoms with Gasteiger partial charge in [0, 0.05) is 26.2 Å². The van der Waals surface area contributed by atoms with Crippen LogP contribution in [0.3, 0.4) is 0 Å². The topological polar surface area (TPSA) is 53.6 Å². The van der Waals surface area contributed by atoms with E-state index >= 15 is 0 Å². The highest BCUT2D eigenvalue weighted by molar-refractivity contribution is 5.78. The van der Waals surface area contributed by atoms with E-state index in [9.17, 15) is 4.79 Å². The molecule has 1 saturated heterocycles. The lowest BCUT2D eigenvalue weighted by molar-refractivity contribution is -0.123. The SMILES string of the molecule is COCCNC(=O)CN(CC1CCNCC1)C(C)C. The summed E-state index contributed by atoms with van der Waals surface area (Å²) in [5, 5.41) is 6.27. The van der Waals surface area contributed by atoms with Crippen LogP contribution in [0.5, 0.6) is 0 Å². The van der Waals surface area contributed by atoms with Crippen molar-refractivity contribution >= 4 is 5.91 Å². The third-order valence-electron chi connectivity index (χ3n) is 3.66. The summed E-state index contributed by atoms with van der Waals surface area (Å²) in [4.78, 5) is 14.1. The van der Waals surface area contributed by atoms with E-state index in [0.717, 1.165) is 25.6 Å². The Morgan fingerprint density at radius 3 is 2.68 bits per heavy atom. The van der Waals surface area contributed by atoms with Gasteiger partial charge in [0.15, 0.2) is 0 Å². The lowest BCUT2D eigenvalue weighted by atomic mass is 9.97. The maximum absolute atomic E-state index is 11.9. The molecule has 1 heterocycles. The summed E-state index contributed by atoms with van der Waals surface area (Å²) in [7, 11) is 1.64. The molecular weight excluding hydrogens is 242 g/mol. The first-order chi connectivity index (χ1) is 9.13. The fourth-order valence-electron chi connectivity index (χ4n) is 2.39. The summed E-state index contributed by atoms with van der Waals surface area (Å²) < 4.78 is 4.93. The average Bonchev–Trinajstić information content (AvgIpc) is 2.39. The standard InChI is InChI=1S/C14H29N3O2/c1-12(2)17(10-13-4-6-15-7-5-13)11-14(18)16-8-9-19-3/h12-13,15H,4-11H2,1-3H3,(H,16,18). The molecule has 5 heteroatoms. The van der Waals surface area contributed by atoms with Gasteiger partial charge < -0.3 is 15.4 Å². The Labute approximate surface area is 117 Å². The van der Waals surface area contributed by atoms with Crippen molar-refractivity contribution in [3.63, 3.8) is 0 Å². The number of carbonyl (C=O) groups excluding carboxylic acids is 1. The molecule has 5 nitrogen and oxygen atoms in total. The van der Waals surface area contributed by atoms with E-state index in [1.807, 2.05) is 0 Å². The largest absolute Gasteiger partial charge is 0.383 e. The normalized spacial score (nSPS) is 17.1. The molecule has 1 fully saturated rings. The minimum Gasteiger partial charge on any atom is -0.383 e. The Morgan fingerprint density at radius 1 is 1.42 bits per heavy atom. The maximum atomic E-state index is 11.9. The highest BCUT2D eigenvalue weighted by Crippen LogP contribution is 2.14. The molecule has 1 amide bonds. The molecular formula is C14H29N3O2. The number of hydrogen-bond donors (Lipinski definition) is 2. The number of ether oxygens (including phenoxy) is 1. The molecule has 1 aliphatic heterocycles. The van der Waals surface area contributed by atoms with Gasteiger partial charge in [-0.05, 0) is 45.7 Å². The highest BCUT2D eigenvalue weighted by atomic mass is 16.5. The molecule has 1 rings (SSSR count). The number of nitrogens with one attached hydrogen (secondary N) is 2. The minimum absolute atomic E-state index is 0.0969. The van der Waals surface area contributed by atoms with E-state index in [-0.39, 0.29) is 5.91 Å². The van der Waals surface area contributed by atoms with Crippen LogP contribution in [0.1, 0.15) is 26.7 Å². The van der Waals surface area contributed by atoms with Crippen molar-refractivity contribution in [1.29, 1.82) is 0 Å². The zero-order valence-electron chi connectivity index (χ0n) is 12.6. The number of rotatable bonds is 8. The Morgan fingerprint density at radius 2 is 2.11 bits per heavy atom. The van der Waals surface area contributed by atoms with Crippen LogP contribution in [0.2, 0.25) is 0 Å². The number of methoxy groups -OCH3 is 1. The molecule has 0 bridgehead atoms. The number of carbonyl (C=O) groups is 1. The van der Waals surface area contributed by atoms with Crippen LogP contribution in [0.15, 0.2) is 0 Å². The summed E-state index contributed by atoms with van der Waals surface area (Å²) in [5.74, 6) is 0.815. The van der Waals surface area contributed by atoms with Gasteiger partial charge in [0.05, 0.1) is 13.2 Å². The molecule has 0 aliphatic carbocycles. The number of piperidine rings is 1. The summed E-state index contributed by atoms with van der Waals surface area (Å²) >= 11 is 0. The molecule has 0 spiro atoms. The number of amides is 1. The second-order valence-corrected chi connectivity index (χ2v) is 5.56. The maximum Gasteiger partial charge on any atom is 0.234 e. The molecule has 0 atom stereocenters. The van der Waals surface area contributed by atoms with E-state index in [2.05, 4.69) is 29.4 Å². The summed E-state index contributed by atoms with van der Waals surface area (Å²) in [6, 6.07) is 0.406. The van der Waals surface area contributed by atoms with Crippen LogP contribution in [-0.4, -0.2) is 63.3 Å². The molecule has 1 aliphatic rings. The molecule has 19 heavy (non-hydrogen) atoms. The van der Waals surface area contributed by atoms with Crippen molar-refractivity contribution < 1.29 is 9.53 Å². The van der Waals surface area contributed by atoms with Crippen LogP contribution in [0.25, 0.3) is 0 Å². The van der Waals surface area contributed by atoms with Crippen molar-refractivity contribution in [3.8, 4) is 0 Å². The monoisotopic (exact) mass is 271 g/mol. The minimum atomic E-state index is 0.0969. The van der Waals surface area contributed by atoms with Crippen LogP contribution >= 0.6 is 0 Å². The van der Waals surface area contributed by atoms with Gasteiger partial charge in [-0.2, -0.15) is 0 Å². The van der Waals surface area contributed by atoms with Crippen molar-refractivity contribution in [1.82, 2.24) is 15.5 Å². The van der Waals surface area contributed by atoms with Gasteiger partial charge in [-0.15, -0.1) is 0 Å². The first kappa shape index (κ1) is 16.4. The van der Waals surface area contributed by atoms with Gasteiger partial charge in [0.1, 0.15) is 0 Å². The average molecular weight is 271 g/mol. The lowest BCUT2D eigenvalue weighted by Gasteiger charge is -2.32. The molecule has 112 valence electrons. The molecule has 2 N–H and O–H groups in total. The first-order valence-electron chi connectivity index (χ1n) is 7.34. The summed E-state index contributed by atoms with van der Waals surface area (Å²) in [5.41, 5.74) is 0. The lowest BCUT2D eigenvalue weighted by Crippen LogP contribution is -2.45. The fourth-order valence-corrected chi connectivity index (χ4v) is 2.39. The number of nitrogens with zero attached hydrogens (tertiary/aromatic N) is 1. The molecule has 0 aromatic rings. The fraction of sp³-hybridized carbons (Fsp3) is 0.929. The first-order valence-corrected chi connectivity index (χ1v) is 7.34. The van der Waals surface area contributed by atoms with E-state index in [4.69, 9.17) is 4.74 Å². The van der Waals surface area contributed by atoms with Gasteiger partial charge in [-0.3, -0.25) is 9.69 Å². The van der Waals surface area contributed by atoms with Gasteiger partial charge in [0.2, 0.25) is 5.91 Å². The summed E-state index contributed by atoms with van der Waals surface area (Å²) in [6.45, 7) is 9.21. The van der Waals surface area contributed by atoms with Crippen LogP contribution < -0.4 is 10.6 Å². The van der Waals surface area contributed by atoms with Crippen molar-refractivity contribution in [3.05, 3.63) is 0 Å². The smallest absolute Gasteiger partial charge is 0.234 e. The van der Waals surface area contributed by atoms with Gasteiger partial charge in [-0.1, -0.05) is 0 Å². The van der Waals surface area contributed by atoms with Crippen molar-refractivity contribution in [2.24, 2.45) is 5.92 Å². The third-order valence-corrected chi connectivity index (χ3v) is 3.66. The van der Waals surface area contributed by atoms with Crippen molar-refractivity contribution in [2.45, 2.75) is 32.7 Å². The number of hydrogen-bond acceptors (Lipinski definition) is 4. The molecule has 0 aromatic carbocycles. The van der Waals surface area contributed by atoms with E-state index < -0.39 is 0 Å². The van der Waals surface area contributed by atoms with E-state index in [0.29, 0.717) is 25.7 Å². The third kappa shape index (κ3) is 6.89. The van der Waals surface area contributed by atoms with Crippen LogP contribution in [0, 0.1) is 5.92 Å². The van der Waals surface area contributed by atoms with E-state index in [1.54, 1.807) is 7.11 Å². The molecule has 0 saturated carbocycles. The molecule has 0 radical (unpaired) electrons. The Bertz CT molecular complexity index is 253. The molecule has 0 unspecified atom stereocenters. The Hall–Kier alpha value is -0.650. The van der Waals surface area contributed by atoms with Gasteiger partial charge in [0.25, 0.3) is 0 Å². The van der Waals surface area contributed by atoms with Crippen LogP contribution in [0.4, 0.5) is 0 Å². The predicted molar refractivity (Wildman–Crippen MR) is 77.2 cm³/mol. The Balaban J connectivity index is 2.32.